The molecule has 6 heteroatoms. The molecule has 2 heterocycles. The highest BCUT2D eigenvalue weighted by Crippen LogP contribution is 2.38. The number of pyridine rings is 1. The summed E-state index contributed by atoms with van der Waals surface area (Å²) in [6.45, 7) is 8.81. The van der Waals surface area contributed by atoms with Gasteiger partial charge in [0.25, 0.3) is 0 Å². The maximum atomic E-state index is 11.7. The molecule has 1 aliphatic rings. The average molecular weight is 490 g/mol. The number of halogens is 1. The minimum atomic E-state index is -1.20. The molecule has 1 amide bonds. The number of rotatable bonds is 6. The minimum absolute atomic E-state index is 0.0770. The standard InChI is InChI=1S/C29H32ClN3O2/c1-21(2)29(35,25-5-4-12-31-20-25)26-17-24(18-27(30)19-26)7-6-23-8-10-28(11-9-23)33-15-13-32(14-16-33)22(3)34/h4-12,17-21,35H,13-16H2,1-3H3. The van der Waals surface area contributed by atoms with Crippen molar-refractivity contribution in [3.63, 3.8) is 0 Å². The van der Waals surface area contributed by atoms with Crippen molar-refractivity contribution in [2.45, 2.75) is 26.4 Å². The first-order chi connectivity index (χ1) is 16.8. The highest BCUT2D eigenvalue weighted by molar-refractivity contribution is 6.30. The second kappa shape index (κ2) is 10.6. The minimum Gasteiger partial charge on any atom is -0.380 e. The maximum Gasteiger partial charge on any atom is 0.219 e. The number of carbonyl (C=O) groups is 1. The Balaban J connectivity index is 1.52. The molecule has 0 saturated carbocycles. The molecule has 4 rings (SSSR count). The zero-order valence-corrected chi connectivity index (χ0v) is 21.2. The lowest BCUT2D eigenvalue weighted by Gasteiger charge is -2.35. The Morgan fingerprint density at radius 1 is 1.00 bits per heavy atom. The molecule has 1 saturated heterocycles. The van der Waals surface area contributed by atoms with Gasteiger partial charge in [0.05, 0.1) is 0 Å². The van der Waals surface area contributed by atoms with Crippen molar-refractivity contribution in [2.75, 3.05) is 31.1 Å². The number of carbonyl (C=O) groups excluding carboxylic acids is 1. The van der Waals surface area contributed by atoms with Crippen LogP contribution in [0.4, 0.5) is 5.69 Å². The van der Waals surface area contributed by atoms with Gasteiger partial charge in [0, 0.05) is 61.8 Å². The molecular formula is C29H32ClN3O2. The van der Waals surface area contributed by atoms with Crippen LogP contribution >= 0.6 is 11.6 Å². The number of hydrogen-bond donors (Lipinski definition) is 1. The summed E-state index contributed by atoms with van der Waals surface area (Å²) in [6, 6.07) is 17.9. The number of hydrogen-bond acceptors (Lipinski definition) is 4. The number of benzene rings is 2. The Bertz CT molecular complexity index is 1190. The second-order valence-electron chi connectivity index (χ2n) is 9.35. The Hall–Kier alpha value is -3.15. The number of nitrogens with zero attached hydrogens (tertiary/aromatic N) is 3. The first kappa shape index (κ1) is 25.0. The van der Waals surface area contributed by atoms with Gasteiger partial charge in [0.1, 0.15) is 5.60 Å². The van der Waals surface area contributed by atoms with E-state index in [4.69, 9.17) is 11.6 Å². The van der Waals surface area contributed by atoms with E-state index in [1.165, 1.54) is 0 Å². The zero-order valence-electron chi connectivity index (χ0n) is 20.5. The second-order valence-corrected chi connectivity index (χ2v) is 9.79. The smallest absolute Gasteiger partial charge is 0.219 e. The van der Waals surface area contributed by atoms with Gasteiger partial charge in [-0.3, -0.25) is 9.78 Å². The molecule has 5 nitrogen and oxygen atoms in total. The van der Waals surface area contributed by atoms with E-state index < -0.39 is 5.60 Å². The molecule has 1 unspecified atom stereocenters. The van der Waals surface area contributed by atoms with Gasteiger partial charge < -0.3 is 14.9 Å². The zero-order chi connectivity index (χ0) is 25.0. The fourth-order valence-corrected chi connectivity index (χ4v) is 4.86. The van der Waals surface area contributed by atoms with Crippen molar-refractivity contribution in [3.8, 4) is 0 Å². The van der Waals surface area contributed by atoms with E-state index in [1.807, 2.05) is 61.2 Å². The molecule has 35 heavy (non-hydrogen) atoms. The summed E-state index contributed by atoms with van der Waals surface area (Å²) in [5, 5.41) is 12.3. The van der Waals surface area contributed by atoms with Crippen LogP contribution in [0, 0.1) is 5.92 Å². The van der Waals surface area contributed by atoms with E-state index in [0.29, 0.717) is 5.02 Å². The van der Waals surface area contributed by atoms with Gasteiger partial charge in [-0.05, 0) is 59.0 Å². The maximum absolute atomic E-state index is 11.7. The Labute approximate surface area is 212 Å². The van der Waals surface area contributed by atoms with Gasteiger partial charge >= 0.3 is 0 Å². The summed E-state index contributed by atoms with van der Waals surface area (Å²) in [5.41, 5.74) is 3.44. The molecule has 0 aliphatic carbocycles. The summed E-state index contributed by atoms with van der Waals surface area (Å²) >= 11 is 6.48. The number of aromatic nitrogens is 1. The summed E-state index contributed by atoms with van der Waals surface area (Å²) in [5.74, 6) is 0.0634. The Morgan fingerprint density at radius 3 is 2.29 bits per heavy atom. The topological polar surface area (TPSA) is 56.7 Å². The summed E-state index contributed by atoms with van der Waals surface area (Å²) in [7, 11) is 0. The van der Waals surface area contributed by atoms with Crippen molar-refractivity contribution in [1.82, 2.24) is 9.88 Å². The average Bonchev–Trinajstić information content (AvgIpc) is 2.87. The first-order valence-corrected chi connectivity index (χ1v) is 12.4. The molecular weight excluding hydrogens is 458 g/mol. The van der Waals surface area contributed by atoms with Crippen molar-refractivity contribution in [1.29, 1.82) is 0 Å². The van der Waals surface area contributed by atoms with Crippen molar-refractivity contribution >= 4 is 35.3 Å². The lowest BCUT2D eigenvalue weighted by atomic mass is 9.78. The van der Waals surface area contributed by atoms with E-state index in [0.717, 1.165) is 54.1 Å². The highest BCUT2D eigenvalue weighted by atomic mass is 35.5. The van der Waals surface area contributed by atoms with Crippen LogP contribution in [0.25, 0.3) is 12.2 Å². The van der Waals surface area contributed by atoms with Gasteiger partial charge in [-0.2, -0.15) is 0 Å². The SMILES string of the molecule is CC(=O)N1CCN(c2ccc(C=Cc3cc(Cl)cc(C(O)(c4cccnc4)C(C)C)c3)cc2)CC1. The van der Waals surface area contributed by atoms with Crippen LogP contribution in [0.3, 0.4) is 0 Å². The number of piperazine rings is 1. The third-order valence-electron chi connectivity index (χ3n) is 6.75. The molecule has 0 bridgehead atoms. The number of anilines is 1. The molecule has 1 fully saturated rings. The van der Waals surface area contributed by atoms with E-state index in [-0.39, 0.29) is 11.8 Å². The van der Waals surface area contributed by atoms with Crippen LogP contribution < -0.4 is 4.90 Å². The molecule has 0 radical (unpaired) electrons. The van der Waals surface area contributed by atoms with Crippen LogP contribution in [-0.4, -0.2) is 47.1 Å². The number of aliphatic hydroxyl groups is 1. The van der Waals surface area contributed by atoms with Gasteiger partial charge in [-0.1, -0.05) is 55.8 Å². The molecule has 2 aromatic carbocycles. The van der Waals surface area contributed by atoms with Crippen LogP contribution in [-0.2, 0) is 10.4 Å². The quantitative estimate of drug-likeness (QED) is 0.467. The van der Waals surface area contributed by atoms with Crippen LogP contribution in [0.1, 0.15) is 43.0 Å². The molecule has 1 aromatic heterocycles. The highest BCUT2D eigenvalue weighted by Gasteiger charge is 2.35. The van der Waals surface area contributed by atoms with Gasteiger partial charge in [0.2, 0.25) is 5.91 Å². The molecule has 1 N–H and O–H groups in total. The number of amides is 1. The third-order valence-corrected chi connectivity index (χ3v) is 6.97. The molecule has 1 aliphatic heterocycles. The predicted molar refractivity (Wildman–Crippen MR) is 143 cm³/mol. The van der Waals surface area contributed by atoms with Gasteiger partial charge in [-0.25, -0.2) is 0 Å². The normalized spacial score (nSPS) is 16.1. The van der Waals surface area contributed by atoms with E-state index >= 15 is 0 Å². The Morgan fingerprint density at radius 2 is 1.69 bits per heavy atom. The van der Waals surface area contributed by atoms with Gasteiger partial charge in [-0.15, -0.1) is 0 Å². The van der Waals surface area contributed by atoms with E-state index in [2.05, 4.69) is 34.1 Å². The fraction of sp³-hybridized carbons (Fsp3) is 0.310. The molecule has 0 spiro atoms. The lowest BCUT2D eigenvalue weighted by Crippen LogP contribution is -2.48. The van der Waals surface area contributed by atoms with Crippen LogP contribution in [0.15, 0.2) is 67.0 Å². The Kier molecular flexibility index (Phi) is 7.58. The van der Waals surface area contributed by atoms with Crippen LogP contribution in [0.2, 0.25) is 5.02 Å². The van der Waals surface area contributed by atoms with Crippen molar-refractivity contribution in [3.05, 3.63) is 94.3 Å². The largest absolute Gasteiger partial charge is 0.380 e. The monoisotopic (exact) mass is 489 g/mol. The third kappa shape index (κ3) is 5.58. The summed E-state index contributed by atoms with van der Waals surface area (Å²) in [4.78, 5) is 20.0. The molecule has 1 atom stereocenters. The van der Waals surface area contributed by atoms with Crippen molar-refractivity contribution < 1.29 is 9.90 Å². The first-order valence-electron chi connectivity index (χ1n) is 12.0. The van der Waals surface area contributed by atoms with Crippen LogP contribution in [0.5, 0.6) is 0 Å². The van der Waals surface area contributed by atoms with E-state index in [1.54, 1.807) is 19.3 Å². The lowest BCUT2D eigenvalue weighted by molar-refractivity contribution is -0.129. The molecule has 3 aromatic rings. The fourth-order valence-electron chi connectivity index (χ4n) is 4.62. The van der Waals surface area contributed by atoms with E-state index in [9.17, 15) is 9.90 Å². The summed E-state index contributed by atoms with van der Waals surface area (Å²) in [6.07, 6.45) is 7.47. The predicted octanol–water partition coefficient (Wildman–Crippen LogP) is 5.47. The molecule has 182 valence electrons. The van der Waals surface area contributed by atoms with Gasteiger partial charge in [0.15, 0.2) is 0 Å². The van der Waals surface area contributed by atoms with Crippen molar-refractivity contribution in [2.24, 2.45) is 5.92 Å². The summed E-state index contributed by atoms with van der Waals surface area (Å²) < 4.78 is 0.